The lowest BCUT2D eigenvalue weighted by Gasteiger charge is -2.24. The van der Waals surface area contributed by atoms with Gasteiger partial charge >= 0.3 is 0 Å². The number of nitrogens with two attached hydrogens (primary N) is 1. The first-order chi connectivity index (χ1) is 10.2. The number of unbranched alkanes of at least 4 members (excludes halogenated alkanes) is 5. The monoisotopic (exact) mass is 299 g/mol. The molecule has 0 aromatic rings. The van der Waals surface area contributed by atoms with Crippen LogP contribution in [0.25, 0.3) is 0 Å². The number of hydrogen-bond donors (Lipinski definition) is 3. The number of aliphatic imine (C=N–C) groups is 1. The molecule has 1 saturated heterocycles. The summed E-state index contributed by atoms with van der Waals surface area (Å²) >= 11 is 0. The maximum absolute atomic E-state index is 9.17. The minimum atomic E-state index is -0.0127. The molecule has 1 atom stereocenters. The predicted octanol–water partition coefficient (Wildman–Crippen LogP) is 2.04. The van der Waals surface area contributed by atoms with Crippen molar-refractivity contribution >= 4 is 5.96 Å². The van der Waals surface area contributed by atoms with Crippen molar-refractivity contribution in [2.45, 2.75) is 58.3 Å². The van der Waals surface area contributed by atoms with Crippen LogP contribution in [-0.2, 0) is 4.74 Å². The standard InChI is InChI=1S/C16H33N3O2/c1-2-3-4-5-6-7-10-18-15(17)19-13-16(8-11-20)9-12-21-14-16/h20H,2-14H2,1H3,(H3,17,18,19). The van der Waals surface area contributed by atoms with Gasteiger partial charge in [0.15, 0.2) is 5.96 Å². The maximum atomic E-state index is 9.17. The van der Waals surface area contributed by atoms with E-state index in [2.05, 4.69) is 17.2 Å². The SMILES string of the molecule is CCCCCCCCNC(N)=NCC1(CCO)CCOC1. The van der Waals surface area contributed by atoms with Crippen molar-refractivity contribution in [2.75, 3.05) is 32.9 Å². The van der Waals surface area contributed by atoms with E-state index in [0.29, 0.717) is 19.1 Å². The minimum Gasteiger partial charge on any atom is -0.396 e. The molecule has 0 spiro atoms. The van der Waals surface area contributed by atoms with Gasteiger partial charge in [-0.25, -0.2) is 0 Å². The zero-order valence-electron chi connectivity index (χ0n) is 13.6. The lowest BCUT2D eigenvalue weighted by Crippen LogP contribution is -2.35. The van der Waals surface area contributed by atoms with E-state index in [-0.39, 0.29) is 12.0 Å². The van der Waals surface area contributed by atoms with Crippen LogP contribution in [0.2, 0.25) is 0 Å². The number of aliphatic hydroxyl groups is 1. The van der Waals surface area contributed by atoms with Crippen LogP contribution in [-0.4, -0.2) is 44.0 Å². The third kappa shape index (κ3) is 7.67. The van der Waals surface area contributed by atoms with Crippen LogP contribution in [0.3, 0.4) is 0 Å². The smallest absolute Gasteiger partial charge is 0.188 e. The van der Waals surface area contributed by atoms with E-state index in [0.717, 1.165) is 32.4 Å². The second-order valence-electron chi connectivity index (χ2n) is 6.17. The van der Waals surface area contributed by atoms with E-state index < -0.39 is 0 Å². The van der Waals surface area contributed by atoms with Gasteiger partial charge in [0, 0.05) is 25.2 Å². The number of aliphatic hydroxyl groups excluding tert-OH is 1. The van der Waals surface area contributed by atoms with Gasteiger partial charge in [0.25, 0.3) is 0 Å². The molecule has 5 nitrogen and oxygen atoms in total. The average Bonchev–Trinajstić information content (AvgIpc) is 2.94. The summed E-state index contributed by atoms with van der Waals surface area (Å²) < 4.78 is 5.45. The summed E-state index contributed by atoms with van der Waals surface area (Å²) in [5, 5.41) is 12.3. The van der Waals surface area contributed by atoms with E-state index >= 15 is 0 Å². The van der Waals surface area contributed by atoms with Crippen LogP contribution in [0.15, 0.2) is 4.99 Å². The lowest BCUT2D eigenvalue weighted by molar-refractivity contribution is 0.131. The molecule has 1 aliphatic rings. The van der Waals surface area contributed by atoms with Crippen LogP contribution < -0.4 is 11.1 Å². The van der Waals surface area contributed by atoms with Gasteiger partial charge in [0.05, 0.1) is 13.2 Å². The lowest BCUT2D eigenvalue weighted by atomic mass is 9.84. The van der Waals surface area contributed by atoms with Crippen LogP contribution in [0.1, 0.15) is 58.3 Å². The largest absolute Gasteiger partial charge is 0.396 e. The van der Waals surface area contributed by atoms with E-state index in [1.165, 1.54) is 32.1 Å². The van der Waals surface area contributed by atoms with Gasteiger partial charge in [0.2, 0.25) is 0 Å². The van der Waals surface area contributed by atoms with Crippen molar-refractivity contribution in [2.24, 2.45) is 16.1 Å². The molecule has 0 saturated carbocycles. The van der Waals surface area contributed by atoms with Crippen molar-refractivity contribution in [3.63, 3.8) is 0 Å². The number of rotatable bonds is 11. The van der Waals surface area contributed by atoms with Crippen molar-refractivity contribution in [3.05, 3.63) is 0 Å². The molecule has 5 heteroatoms. The Morgan fingerprint density at radius 3 is 2.71 bits per heavy atom. The predicted molar refractivity (Wildman–Crippen MR) is 87.4 cm³/mol. The first-order valence-corrected chi connectivity index (χ1v) is 8.45. The Balaban J connectivity index is 2.14. The van der Waals surface area contributed by atoms with Crippen LogP contribution in [0, 0.1) is 5.41 Å². The molecule has 0 aromatic heterocycles. The van der Waals surface area contributed by atoms with E-state index in [9.17, 15) is 0 Å². The quantitative estimate of drug-likeness (QED) is 0.310. The van der Waals surface area contributed by atoms with Crippen molar-refractivity contribution in [1.29, 1.82) is 0 Å². The minimum absolute atomic E-state index is 0.0127. The molecular weight excluding hydrogens is 266 g/mol. The van der Waals surface area contributed by atoms with Gasteiger partial charge < -0.3 is 20.9 Å². The second kappa shape index (κ2) is 10.9. The van der Waals surface area contributed by atoms with Gasteiger partial charge in [-0.15, -0.1) is 0 Å². The maximum Gasteiger partial charge on any atom is 0.188 e. The normalized spacial score (nSPS) is 22.7. The Bertz CT molecular complexity index is 289. The Kier molecular flexibility index (Phi) is 9.42. The molecule has 1 heterocycles. The summed E-state index contributed by atoms with van der Waals surface area (Å²) in [7, 11) is 0. The molecular formula is C16H33N3O2. The van der Waals surface area contributed by atoms with Crippen LogP contribution in [0.5, 0.6) is 0 Å². The van der Waals surface area contributed by atoms with Gasteiger partial charge in [-0.05, 0) is 19.3 Å². The molecule has 124 valence electrons. The van der Waals surface area contributed by atoms with Crippen molar-refractivity contribution < 1.29 is 9.84 Å². The molecule has 0 aliphatic carbocycles. The number of hydrogen-bond acceptors (Lipinski definition) is 3. The molecule has 0 aromatic carbocycles. The topological polar surface area (TPSA) is 79.9 Å². The first-order valence-electron chi connectivity index (χ1n) is 8.45. The Morgan fingerprint density at radius 1 is 1.29 bits per heavy atom. The van der Waals surface area contributed by atoms with E-state index in [1.54, 1.807) is 0 Å². The highest BCUT2D eigenvalue weighted by atomic mass is 16.5. The third-order valence-corrected chi connectivity index (χ3v) is 4.25. The zero-order chi connectivity index (χ0) is 15.4. The third-order valence-electron chi connectivity index (χ3n) is 4.25. The summed E-state index contributed by atoms with van der Waals surface area (Å²) in [4.78, 5) is 4.44. The first kappa shape index (κ1) is 18.2. The van der Waals surface area contributed by atoms with Gasteiger partial charge in [-0.1, -0.05) is 39.0 Å². The zero-order valence-corrected chi connectivity index (χ0v) is 13.6. The summed E-state index contributed by atoms with van der Waals surface area (Å²) in [6.07, 6.45) is 9.37. The number of guanidine groups is 1. The highest BCUT2D eigenvalue weighted by Gasteiger charge is 2.34. The summed E-state index contributed by atoms with van der Waals surface area (Å²) in [5.74, 6) is 0.521. The highest BCUT2D eigenvalue weighted by molar-refractivity contribution is 5.77. The molecule has 0 amide bonds. The Hall–Kier alpha value is -0.810. The summed E-state index contributed by atoms with van der Waals surface area (Å²) in [5.41, 5.74) is 5.89. The number of nitrogens with zero attached hydrogens (tertiary/aromatic N) is 1. The molecule has 0 radical (unpaired) electrons. The summed E-state index contributed by atoms with van der Waals surface area (Å²) in [6, 6.07) is 0. The number of nitrogens with one attached hydrogen (secondary N) is 1. The van der Waals surface area contributed by atoms with E-state index in [4.69, 9.17) is 15.6 Å². The fourth-order valence-corrected chi connectivity index (χ4v) is 2.72. The fraction of sp³-hybridized carbons (Fsp3) is 0.938. The Morgan fingerprint density at radius 2 is 2.05 bits per heavy atom. The van der Waals surface area contributed by atoms with Gasteiger partial charge in [-0.3, -0.25) is 4.99 Å². The molecule has 1 aliphatic heterocycles. The van der Waals surface area contributed by atoms with Gasteiger partial charge in [-0.2, -0.15) is 0 Å². The average molecular weight is 299 g/mol. The van der Waals surface area contributed by atoms with Crippen LogP contribution in [0.4, 0.5) is 0 Å². The molecule has 1 fully saturated rings. The molecule has 4 N–H and O–H groups in total. The van der Waals surface area contributed by atoms with Crippen LogP contribution >= 0.6 is 0 Å². The molecule has 0 bridgehead atoms. The summed E-state index contributed by atoms with van der Waals surface area (Å²) in [6.45, 7) is 5.40. The van der Waals surface area contributed by atoms with E-state index in [1.807, 2.05) is 0 Å². The van der Waals surface area contributed by atoms with Gasteiger partial charge in [0.1, 0.15) is 0 Å². The second-order valence-corrected chi connectivity index (χ2v) is 6.17. The van der Waals surface area contributed by atoms with Crippen molar-refractivity contribution in [3.8, 4) is 0 Å². The fourth-order valence-electron chi connectivity index (χ4n) is 2.72. The molecule has 1 unspecified atom stereocenters. The Labute approximate surface area is 129 Å². The highest BCUT2D eigenvalue weighted by Crippen LogP contribution is 2.32. The van der Waals surface area contributed by atoms with Crippen molar-refractivity contribution in [1.82, 2.24) is 5.32 Å². The molecule has 21 heavy (non-hydrogen) atoms. The number of ether oxygens (including phenoxy) is 1. The molecule has 1 rings (SSSR count).